The van der Waals surface area contributed by atoms with Gasteiger partial charge in [0, 0.05) is 39.4 Å². The average molecular weight is 441 g/mol. The highest BCUT2D eigenvalue weighted by molar-refractivity contribution is 7.89. The monoisotopic (exact) mass is 440 g/mol. The summed E-state index contributed by atoms with van der Waals surface area (Å²) in [6.07, 6.45) is 7.75. The minimum atomic E-state index is -3.23. The van der Waals surface area contributed by atoms with E-state index < -0.39 is 15.7 Å². The van der Waals surface area contributed by atoms with Crippen molar-refractivity contribution in [3.05, 3.63) is 35.1 Å². The van der Waals surface area contributed by atoms with Crippen molar-refractivity contribution in [2.75, 3.05) is 26.4 Å². The van der Waals surface area contributed by atoms with E-state index in [0.717, 1.165) is 19.1 Å². The van der Waals surface area contributed by atoms with Crippen LogP contribution in [0.25, 0.3) is 0 Å². The van der Waals surface area contributed by atoms with E-state index in [4.69, 9.17) is 0 Å². The Kier molecular flexibility index (Phi) is 9.55. The lowest BCUT2D eigenvalue weighted by Gasteiger charge is -2.21. The zero-order valence-electron chi connectivity index (χ0n) is 17.8. The lowest BCUT2D eigenvalue weighted by molar-refractivity contribution is -0.122. The molecular weight excluding hydrogens is 407 g/mol. The molecule has 0 atom stereocenters. The van der Waals surface area contributed by atoms with E-state index in [0.29, 0.717) is 42.5 Å². The fourth-order valence-corrected chi connectivity index (χ4v) is 4.54. The van der Waals surface area contributed by atoms with Crippen molar-refractivity contribution in [1.82, 2.24) is 16.0 Å². The summed E-state index contributed by atoms with van der Waals surface area (Å²) in [6.45, 7) is 1.21. The topological polar surface area (TPSA) is 99.7 Å². The zero-order chi connectivity index (χ0) is 22.0. The van der Waals surface area contributed by atoms with E-state index in [1.807, 2.05) is 0 Å². The van der Waals surface area contributed by atoms with Crippen molar-refractivity contribution in [3.8, 4) is 0 Å². The number of halogens is 1. The third kappa shape index (κ3) is 9.11. The zero-order valence-corrected chi connectivity index (χ0v) is 18.7. The van der Waals surface area contributed by atoms with E-state index in [9.17, 15) is 17.6 Å². The summed E-state index contributed by atoms with van der Waals surface area (Å²) < 4.78 is 36.8. The Bertz CT molecular complexity index is 837. The average Bonchev–Trinajstić information content (AvgIpc) is 2.69. The maximum absolute atomic E-state index is 13.6. The van der Waals surface area contributed by atoms with Crippen LogP contribution < -0.4 is 16.0 Å². The number of aliphatic imine (C=N–C) groups is 1. The molecule has 1 aromatic carbocycles. The number of sulfone groups is 1. The molecule has 3 N–H and O–H groups in total. The molecule has 0 saturated heterocycles. The number of hydrogen-bond acceptors (Lipinski definition) is 4. The summed E-state index contributed by atoms with van der Waals surface area (Å²) in [4.78, 5) is 16.2. The second-order valence-electron chi connectivity index (χ2n) is 7.89. The Hall–Kier alpha value is -2.16. The van der Waals surface area contributed by atoms with E-state index in [2.05, 4.69) is 20.9 Å². The molecule has 0 heterocycles. The summed E-state index contributed by atoms with van der Waals surface area (Å²) >= 11 is 0. The van der Waals surface area contributed by atoms with Crippen LogP contribution in [0.3, 0.4) is 0 Å². The van der Waals surface area contributed by atoms with Crippen LogP contribution in [-0.4, -0.2) is 46.7 Å². The minimum absolute atomic E-state index is 0.0804. The van der Waals surface area contributed by atoms with Gasteiger partial charge in [-0.15, -0.1) is 0 Å². The Morgan fingerprint density at radius 2 is 1.80 bits per heavy atom. The molecule has 0 aliphatic heterocycles. The largest absolute Gasteiger partial charge is 0.355 e. The first kappa shape index (κ1) is 24.1. The molecule has 168 valence electrons. The number of rotatable bonds is 9. The van der Waals surface area contributed by atoms with Gasteiger partial charge in [0.15, 0.2) is 15.8 Å². The van der Waals surface area contributed by atoms with Crippen molar-refractivity contribution >= 4 is 21.7 Å². The van der Waals surface area contributed by atoms with Crippen LogP contribution in [0, 0.1) is 11.7 Å². The molecule has 1 aliphatic carbocycles. The first-order valence-electron chi connectivity index (χ1n) is 10.4. The van der Waals surface area contributed by atoms with Gasteiger partial charge in [-0.05, 0) is 42.0 Å². The molecule has 0 spiro atoms. The van der Waals surface area contributed by atoms with Gasteiger partial charge in [0.05, 0.1) is 5.75 Å². The Labute approximate surface area is 178 Å². The van der Waals surface area contributed by atoms with Crippen LogP contribution in [0.1, 0.15) is 49.7 Å². The van der Waals surface area contributed by atoms with E-state index in [-0.39, 0.29) is 18.2 Å². The van der Waals surface area contributed by atoms with Gasteiger partial charge in [-0.2, -0.15) is 0 Å². The number of hydrogen-bond donors (Lipinski definition) is 3. The predicted molar refractivity (Wildman–Crippen MR) is 117 cm³/mol. The summed E-state index contributed by atoms with van der Waals surface area (Å²) in [7, 11) is -1.62. The Balaban J connectivity index is 1.76. The minimum Gasteiger partial charge on any atom is -0.355 e. The second kappa shape index (κ2) is 11.9. The van der Waals surface area contributed by atoms with Crippen LogP contribution in [0.5, 0.6) is 0 Å². The molecule has 0 radical (unpaired) electrons. The molecule has 0 bridgehead atoms. The van der Waals surface area contributed by atoms with Gasteiger partial charge in [0.2, 0.25) is 5.91 Å². The van der Waals surface area contributed by atoms with Crippen LogP contribution >= 0.6 is 0 Å². The summed E-state index contributed by atoms with van der Waals surface area (Å²) in [5.41, 5.74) is 1.11. The third-order valence-electron chi connectivity index (χ3n) is 5.19. The van der Waals surface area contributed by atoms with E-state index in [1.165, 1.54) is 37.5 Å². The number of guanidine groups is 1. The second-order valence-corrected chi connectivity index (χ2v) is 10.0. The van der Waals surface area contributed by atoms with Crippen LogP contribution in [0.2, 0.25) is 0 Å². The highest BCUT2D eigenvalue weighted by Gasteiger charge is 2.16. The fraction of sp³-hybridized carbons (Fsp3) is 0.619. The third-order valence-corrected chi connectivity index (χ3v) is 6.03. The van der Waals surface area contributed by atoms with E-state index in [1.54, 1.807) is 7.05 Å². The number of benzene rings is 1. The van der Waals surface area contributed by atoms with Gasteiger partial charge in [-0.1, -0.05) is 25.3 Å². The quantitative estimate of drug-likeness (QED) is 0.310. The first-order valence-corrected chi connectivity index (χ1v) is 12.5. The van der Waals surface area contributed by atoms with Crippen molar-refractivity contribution in [2.24, 2.45) is 10.9 Å². The number of nitrogens with one attached hydrogen (secondary N) is 3. The number of carbonyl (C=O) groups excluding carboxylic acids is 1. The maximum atomic E-state index is 13.6. The number of amides is 1. The molecule has 1 aliphatic rings. The Morgan fingerprint density at radius 1 is 1.10 bits per heavy atom. The molecule has 2 rings (SSSR count). The fourth-order valence-electron chi connectivity index (χ4n) is 3.69. The van der Waals surface area contributed by atoms with Crippen LogP contribution in [0.4, 0.5) is 4.39 Å². The molecule has 30 heavy (non-hydrogen) atoms. The van der Waals surface area contributed by atoms with Gasteiger partial charge in [-0.3, -0.25) is 9.79 Å². The molecule has 7 nitrogen and oxygen atoms in total. The highest BCUT2D eigenvalue weighted by atomic mass is 32.2. The Morgan fingerprint density at radius 3 is 2.47 bits per heavy atom. The van der Waals surface area contributed by atoms with Crippen molar-refractivity contribution in [3.63, 3.8) is 0 Å². The lowest BCUT2D eigenvalue weighted by Crippen LogP contribution is -2.41. The van der Waals surface area contributed by atoms with Crippen LogP contribution in [-0.2, 0) is 26.9 Å². The molecule has 1 fully saturated rings. The molecule has 1 amide bonds. The van der Waals surface area contributed by atoms with Gasteiger partial charge in [0.25, 0.3) is 0 Å². The van der Waals surface area contributed by atoms with Crippen molar-refractivity contribution in [1.29, 1.82) is 0 Å². The van der Waals surface area contributed by atoms with Gasteiger partial charge in [0.1, 0.15) is 5.82 Å². The summed E-state index contributed by atoms with van der Waals surface area (Å²) in [6, 6.07) is 4.07. The van der Waals surface area contributed by atoms with Crippen molar-refractivity contribution in [2.45, 2.75) is 50.8 Å². The maximum Gasteiger partial charge on any atom is 0.220 e. The van der Waals surface area contributed by atoms with E-state index >= 15 is 0 Å². The molecule has 0 aromatic heterocycles. The standard InChI is InChI=1S/C21H33FN4O3S/c1-23-21(25-11-10-24-20(27)12-16-6-4-3-5-7-16)26-14-18-13-19(22)9-8-17(18)15-30(2,28)29/h8-9,13,16H,3-7,10-12,14-15H2,1-2H3,(H,24,27)(H2,23,25,26). The first-order chi connectivity index (χ1) is 14.3. The SMILES string of the molecule is CN=C(NCCNC(=O)CC1CCCCC1)NCc1cc(F)ccc1CS(C)(=O)=O. The molecule has 1 aromatic rings. The van der Waals surface area contributed by atoms with Gasteiger partial charge < -0.3 is 16.0 Å². The predicted octanol–water partition coefficient (Wildman–Crippen LogP) is 2.12. The van der Waals surface area contributed by atoms with Gasteiger partial charge >= 0.3 is 0 Å². The number of nitrogens with zero attached hydrogens (tertiary/aromatic N) is 1. The number of carbonyl (C=O) groups is 1. The van der Waals surface area contributed by atoms with Gasteiger partial charge in [-0.25, -0.2) is 12.8 Å². The molecule has 0 unspecified atom stereocenters. The highest BCUT2D eigenvalue weighted by Crippen LogP contribution is 2.25. The van der Waals surface area contributed by atoms with Crippen molar-refractivity contribution < 1.29 is 17.6 Å². The molecule has 9 heteroatoms. The molecule has 1 saturated carbocycles. The lowest BCUT2D eigenvalue weighted by atomic mass is 9.87. The smallest absolute Gasteiger partial charge is 0.220 e. The van der Waals surface area contributed by atoms with Crippen LogP contribution in [0.15, 0.2) is 23.2 Å². The summed E-state index contributed by atoms with van der Waals surface area (Å²) in [5.74, 6) is 0.507. The summed E-state index contributed by atoms with van der Waals surface area (Å²) in [5, 5.41) is 9.08. The normalized spacial score (nSPS) is 15.6. The molecular formula is C21H33FN4O3S.